The van der Waals surface area contributed by atoms with E-state index in [9.17, 15) is 0 Å². The summed E-state index contributed by atoms with van der Waals surface area (Å²) < 4.78 is 0. The molecule has 1 aromatic carbocycles. The van der Waals surface area contributed by atoms with Gasteiger partial charge in [0.2, 0.25) is 0 Å². The highest BCUT2D eigenvalue weighted by Crippen LogP contribution is 2.35. The van der Waals surface area contributed by atoms with E-state index >= 15 is 0 Å². The maximum atomic E-state index is 6.23. The molecular weight excluding hydrogens is 258 g/mol. The molecule has 1 unspecified atom stereocenters. The van der Waals surface area contributed by atoms with Crippen LogP contribution < -0.4 is 5.73 Å². The Morgan fingerprint density at radius 2 is 2.05 bits per heavy atom. The zero-order chi connectivity index (χ0) is 14.7. The summed E-state index contributed by atoms with van der Waals surface area (Å²) in [6.07, 6.45) is 4.06. The molecule has 3 nitrogen and oxygen atoms in total. The van der Waals surface area contributed by atoms with E-state index in [0.717, 1.165) is 32.1 Å². The van der Waals surface area contributed by atoms with Gasteiger partial charge in [-0.2, -0.15) is 0 Å². The Balaban J connectivity index is 1.64. The molecule has 3 rings (SSSR count). The summed E-state index contributed by atoms with van der Waals surface area (Å²) in [6, 6.07) is 10.8. The number of benzene rings is 1. The lowest BCUT2D eigenvalue weighted by molar-refractivity contribution is 0.0980. The molecule has 1 saturated heterocycles. The van der Waals surface area contributed by atoms with Crippen LogP contribution in [0.1, 0.15) is 31.7 Å². The molecule has 0 aromatic heterocycles. The van der Waals surface area contributed by atoms with Crippen LogP contribution in [0.4, 0.5) is 0 Å². The quantitative estimate of drug-likeness (QED) is 0.835. The largest absolute Gasteiger partial charge is 0.329 e. The van der Waals surface area contributed by atoms with E-state index in [-0.39, 0.29) is 5.54 Å². The van der Waals surface area contributed by atoms with Crippen LogP contribution in [-0.4, -0.2) is 48.1 Å². The zero-order valence-electron chi connectivity index (χ0n) is 13.3. The van der Waals surface area contributed by atoms with Crippen molar-refractivity contribution in [1.82, 2.24) is 9.80 Å². The highest BCUT2D eigenvalue weighted by Gasteiger charge is 2.42. The van der Waals surface area contributed by atoms with E-state index in [1.54, 1.807) is 0 Å². The first kappa shape index (κ1) is 15.0. The lowest BCUT2D eigenvalue weighted by atomic mass is 9.95. The predicted molar refractivity (Wildman–Crippen MR) is 88.1 cm³/mol. The van der Waals surface area contributed by atoms with Crippen LogP contribution in [-0.2, 0) is 6.54 Å². The van der Waals surface area contributed by atoms with Crippen LogP contribution in [0.25, 0.3) is 0 Å². The summed E-state index contributed by atoms with van der Waals surface area (Å²) in [4.78, 5) is 5.26. The van der Waals surface area contributed by atoms with Gasteiger partial charge in [0.05, 0.1) is 0 Å². The summed E-state index contributed by atoms with van der Waals surface area (Å²) in [5.41, 5.74) is 7.86. The topological polar surface area (TPSA) is 32.5 Å². The van der Waals surface area contributed by atoms with Crippen LogP contribution >= 0.6 is 0 Å². The molecule has 1 atom stereocenters. The van der Waals surface area contributed by atoms with Gasteiger partial charge in [-0.25, -0.2) is 0 Å². The van der Waals surface area contributed by atoms with Crippen molar-refractivity contribution in [3.05, 3.63) is 35.9 Å². The monoisotopic (exact) mass is 287 g/mol. The van der Waals surface area contributed by atoms with Crippen molar-refractivity contribution in [1.29, 1.82) is 0 Å². The molecule has 1 saturated carbocycles. The first-order chi connectivity index (χ1) is 10.3. The molecule has 2 N–H and O–H groups in total. The average molecular weight is 287 g/mol. The second kappa shape index (κ2) is 6.47. The standard InChI is InChI=1S/C18H29N3/c1-2-21(13-17-8-9-17)18(14-19)10-11-20(15-18)12-16-6-4-3-5-7-16/h3-7,17H,2,8-15,19H2,1H3. The molecule has 116 valence electrons. The van der Waals surface area contributed by atoms with E-state index in [4.69, 9.17) is 5.73 Å². The Bertz CT molecular complexity index is 443. The Morgan fingerprint density at radius 1 is 1.29 bits per heavy atom. The Labute approximate surface area is 129 Å². The molecule has 1 aliphatic heterocycles. The molecule has 0 spiro atoms. The molecule has 2 fully saturated rings. The maximum Gasteiger partial charge on any atom is 0.0470 e. The van der Waals surface area contributed by atoms with Gasteiger partial charge >= 0.3 is 0 Å². The Kier molecular flexibility index (Phi) is 4.63. The third kappa shape index (κ3) is 3.47. The fraction of sp³-hybridized carbons (Fsp3) is 0.667. The van der Waals surface area contributed by atoms with Crippen molar-refractivity contribution < 1.29 is 0 Å². The molecule has 0 bridgehead atoms. The van der Waals surface area contributed by atoms with Crippen molar-refractivity contribution in [3.8, 4) is 0 Å². The van der Waals surface area contributed by atoms with Crippen molar-refractivity contribution in [2.75, 3.05) is 32.7 Å². The van der Waals surface area contributed by atoms with E-state index in [0.29, 0.717) is 0 Å². The van der Waals surface area contributed by atoms with Crippen LogP contribution in [0.5, 0.6) is 0 Å². The van der Waals surface area contributed by atoms with E-state index < -0.39 is 0 Å². The molecule has 3 heteroatoms. The molecule has 1 aromatic rings. The first-order valence-corrected chi connectivity index (χ1v) is 8.47. The minimum Gasteiger partial charge on any atom is -0.329 e. The Morgan fingerprint density at radius 3 is 2.67 bits per heavy atom. The number of rotatable bonds is 7. The number of likely N-dealkylation sites (N-methyl/N-ethyl adjacent to an activating group) is 1. The van der Waals surface area contributed by atoms with E-state index in [1.807, 2.05) is 0 Å². The summed E-state index contributed by atoms with van der Waals surface area (Å²) in [6.45, 7) is 8.83. The van der Waals surface area contributed by atoms with Crippen LogP contribution in [0, 0.1) is 5.92 Å². The van der Waals surface area contributed by atoms with E-state index in [2.05, 4.69) is 47.1 Å². The maximum absolute atomic E-state index is 6.23. The van der Waals surface area contributed by atoms with Crippen molar-refractivity contribution in [3.63, 3.8) is 0 Å². The van der Waals surface area contributed by atoms with Gasteiger partial charge in [0.25, 0.3) is 0 Å². The van der Waals surface area contributed by atoms with Gasteiger partial charge in [0.15, 0.2) is 0 Å². The fourth-order valence-electron chi connectivity index (χ4n) is 3.74. The first-order valence-electron chi connectivity index (χ1n) is 8.47. The third-order valence-corrected chi connectivity index (χ3v) is 5.27. The average Bonchev–Trinajstić information content (AvgIpc) is 3.26. The fourth-order valence-corrected chi connectivity index (χ4v) is 3.74. The number of hydrogen-bond acceptors (Lipinski definition) is 3. The van der Waals surface area contributed by atoms with Gasteiger partial charge in [0, 0.05) is 38.3 Å². The normalized spacial score (nSPS) is 26.6. The third-order valence-electron chi connectivity index (χ3n) is 5.27. The Hall–Kier alpha value is -0.900. The number of nitrogens with two attached hydrogens (primary N) is 1. The van der Waals surface area contributed by atoms with Gasteiger partial charge in [-0.1, -0.05) is 37.3 Å². The lowest BCUT2D eigenvalue weighted by Crippen LogP contribution is -2.56. The minimum atomic E-state index is 0.214. The van der Waals surface area contributed by atoms with Gasteiger partial charge in [-0.3, -0.25) is 9.80 Å². The molecule has 0 radical (unpaired) electrons. The highest BCUT2D eigenvalue weighted by molar-refractivity contribution is 5.15. The van der Waals surface area contributed by atoms with Gasteiger partial charge in [0.1, 0.15) is 0 Å². The second-order valence-electron chi connectivity index (χ2n) is 6.86. The van der Waals surface area contributed by atoms with Crippen LogP contribution in [0.2, 0.25) is 0 Å². The molecule has 0 amide bonds. The predicted octanol–water partition coefficient (Wildman–Crippen LogP) is 2.32. The smallest absolute Gasteiger partial charge is 0.0470 e. The zero-order valence-corrected chi connectivity index (χ0v) is 13.3. The molecule has 1 aliphatic carbocycles. The lowest BCUT2D eigenvalue weighted by Gasteiger charge is -2.40. The summed E-state index contributed by atoms with van der Waals surface area (Å²) >= 11 is 0. The van der Waals surface area contributed by atoms with Gasteiger partial charge in [-0.05, 0) is 37.3 Å². The van der Waals surface area contributed by atoms with Crippen LogP contribution in [0.3, 0.4) is 0 Å². The summed E-state index contributed by atoms with van der Waals surface area (Å²) in [7, 11) is 0. The number of likely N-dealkylation sites (tertiary alicyclic amines) is 1. The van der Waals surface area contributed by atoms with Crippen molar-refractivity contribution in [2.45, 2.75) is 38.3 Å². The second-order valence-corrected chi connectivity index (χ2v) is 6.86. The van der Waals surface area contributed by atoms with Gasteiger partial charge in [-0.15, -0.1) is 0 Å². The molecule has 2 aliphatic rings. The molecule has 1 heterocycles. The molecular formula is C18H29N3. The highest BCUT2D eigenvalue weighted by atomic mass is 15.3. The van der Waals surface area contributed by atoms with E-state index in [1.165, 1.54) is 37.9 Å². The van der Waals surface area contributed by atoms with Crippen molar-refractivity contribution in [2.24, 2.45) is 11.7 Å². The molecule has 21 heavy (non-hydrogen) atoms. The minimum absolute atomic E-state index is 0.214. The SMILES string of the molecule is CCN(CC1CC1)C1(CN)CCN(Cc2ccccc2)C1. The summed E-state index contributed by atoms with van der Waals surface area (Å²) in [5.74, 6) is 0.941. The summed E-state index contributed by atoms with van der Waals surface area (Å²) in [5, 5.41) is 0. The number of nitrogens with zero attached hydrogens (tertiary/aromatic N) is 2. The van der Waals surface area contributed by atoms with Crippen LogP contribution in [0.15, 0.2) is 30.3 Å². The van der Waals surface area contributed by atoms with Gasteiger partial charge < -0.3 is 5.73 Å². The number of hydrogen-bond donors (Lipinski definition) is 1. The van der Waals surface area contributed by atoms with Crippen molar-refractivity contribution >= 4 is 0 Å².